The zero-order valence-corrected chi connectivity index (χ0v) is 11.4. The summed E-state index contributed by atoms with van der Waals surface area (Å²) in [6.07, 6.45) is 3.47. The van der Waals surface area contributed by atoms with Gasteiger partial charge in [-0.15, -0.1) is 0 Å². The molecule has 0 amide bonds. The van der Waals surface area contributed by atoms with Crippen LogP contribution in [0.1, 0.15) is 43.5 Å². The summed E-state index contributed by atoms with van der Waals surface area (Å²) in [4.78, 5) is 11.2. The molecule has 0 fully saturated rings. The summed E-state index contributed by atoms with van der Waals surface area (Å²) < 4.78 is 10.3. The van der Waals surface area contributed by atoms with E-state index in [9.17, 15) is 4.79 Å². The average molecular weight is 250 g/mol. The van der Waals surface area contributed by atoms with Crippen LogP contribution in [0.2, 0.25) is 0 Å². The van der Waals surface area contributed by atoms with Crippen molar-refractivity contribution in [1.29, 1.82) is 0 Å². The van der Waals surface area contributed by atoms with E-state index in [0.717, 1.165) is 24.7 Å². The molecule has 0 aliphatic heterocycles. The van der Waals surface area contributed by atoms with Gasteiger partial charge in [-0.2, -0.15) is 0 Å². The lowest BCUT2D eigenvalue weighted by atomic mass is 10.0. The SMILES string of the molecule is CC[C@H](C)CCCOc1ccc(C(=O)OC)cc1. The van der Waals surface area contributed by atoms with Gasteiger partial charge in [0.1, 0.15) is 5.75 Å². The quantitative estimate of drug-likeness (QED) is 0.547. The van der Waals surface area contributed by atoms with Gasteiger partial charge in [-0.25, -0.2) is 4.79 Å². The summed E-state index contributed by atoms with van der Waals surface area (Å²) in [5.41, 5.74) is 0.546. The second kappa shape index (κ2) is 7.75. The molecule has 0 radical (unpaired) electrons. The molecular weight excluding hydrogens is 228 g/mol. The van der Waals surface area contributed by atoms with Crippen LogP contribution < -0.4 is 4.74 Å². The maximum absolute atomic E-state index is 11.2. The number of rotatable bonds is 7. The Bertz CT molecular complexity index is 357. The van der Waals surface area contributed by atoms with E-state index in [1.54, 1.807) is 24.3 Å². The van der Waals surface area contributed by atoms with E-state index in [2.05, 4.69) is 18.6 Å². The van der Waals surface area contributed by atoms with Crippen molar-refractivity contribution >= 4 is 5.97 Å². The first-order valence-electron chi connectivity index (χ1n) is 6.48. The first-order valence-corrected chi connectivity index (χ1v) is 6.48. The van der Waals surface area contributed by atoms with Crippen LogP contribution >= 0.6 is 0 Å². The fourth-order valence-corrected chi connectivity index (χ4v) is 1.63. The summed E-state index contributed by atoms with van der Waals surface area (Å²) >= 11 is 0. The first-order chi connectivity index (χ1) is 8.67. The Labute approximate surface area is 109 Å². The zero-order valence-electron chi connectivity index (χ0n) is 11.4. The van der Waals surface area contributed by atoms with Crippen LogP contribution in [0.5, 0.6) is 5.75 Å². The number of methoxy groups -OCH3 is 1. The molecule has 0 heterocycles. The van der Waals surface area contributed by atoms with Crippen molar-refractivity contribution in [3.63, 3.8) is 0 Å². The van der Waals surface area contributed by atoms with E-state index in [1.807, 2.05) is 0 Å². The molecule has 1 atom stereocenters. The minimum absolute atomic E-state index is 0.321. The summed E-state index contributed by atoms with van der Waals surface area (Å²) in [6.45, 7) is 5.18. The van der Waals surface area contributed by atoms with Crippen molar-refractivity contribution in [1.82, 2.24) is 0 Å². The van der Waals surface area contributed by atoms with Crippen molar-refractivity contribution in [2.75, 3.05) is 13.7 Å². The number of benzene rings is 1. The van der Waals surface area contributed by atoms with Crippen LogP contribution in [0.25, 0.3) is 0 Å². The molecule has 1 aromatic rings. The van der Waals surface area contributed by atoms with E-state index in [4.69, 9.17) is 4.74 Å². The molecule has 0 saturated carbocycles. The Morgan fingerprint density at radius 3 is 2.50 bits per heavy atom. The minimum Gasteiger partial charge on any atom is -0.494 e. The highest BCUT2D eigenvalue weighted by Gasteiger charge is 2.04. The number of hydrogen-bond donors (Lipinski definition) is 0. The molecule has 0 unspecified atom stereocenters. The molecule has 0 saturated heterocycles. The van der Waals surface area contributed by atoms with Crippen LogP contribution in [0.4, 0.5) is 0 Å². The van der Waals surface area contributed by atoms with Gasteiger partial charge < -0.3 is 9.47 Å². The van der Waals surface area contributed by atoms with Crippen LogP contribution in [0, 0.1) is 5.92 Å². The van der Waals surface area contributed by atoms with E-state index in [1.165, 1.54) is 20.0 Å². The second-order valence-electron chi connectivity index (χ2n) is 4.52. The van der Waals surface area contributed by atoms with Crippen molar-refractivity contribution in [2.24, 2.45) is 5.92 Å². The van der Waals surface area contributed by atoms with Gasteiger partial charge >= 0.3 is 5.97 Å². The molecule has 3 heteroatoms. The molecule has 0 N–H and O–H groups in total. The van der Waals surface area contributed by atoms with Gasteiger partial charge in [-0.05, 0) is 43.0 Å². The number of hydrogen-bond acceptors (Lipinski definition) is 3. The third-order valence-corrected chi connectivity index (χ3v) is 3.08. The minimum atomic E-state index is -0.321. The van der Waals surface area contributed by atoms with Crippen molar-refractivity contribution in [3.05, 3.63) is 29.8 Å². The van der Waals surface area contributed by atoms with Crippen molar-refractivity contribution in [3.8, 4) is 5.75 Å². The number of carbonyl (C=O) groups is 1. The fraction of sp³-hybridized carbons (Fsp3) is 0.533. The summed E-state index contributed by atoms with van der Waals surface area (Å²) in [7, 11) is 1.38. The van der Waals surface area contributed by atoms with E-state index < -0.39 is 0 Å². The fourth-order valence-electron chi connectivity index (χ4n) is 1.63. The van der Waals surface area contributed by atoms with Crippen LogP contribution in [-0.4, -0.2) is 19.7 Å². The smallest absolute Gasteiger partial charge is 0.337 e. The van der Waals surface area contributed by atoms with Crippen LogP contribution in [-0.2, 0) is 4.74 Å². The number of ether oxygens (including phenoxy) is 2. The Morgan fingerprint density at radius 1 is 1.28 bits per heavy atom. The van der Waals surface area contributed by atoms with Crippen molar-refractivity contribution < 1.29 is 14.3 Å². The van der Waals surface area contributed by atoms with Gasteiger partial charge in [0, 0.05) is 0 Å². The number of esters is 1. The van der Waals surface area contributed by atoms with Crippen molar-refractivity contribution in [2.45, 2.75) is 33.1 Å². The predicted octanol–water partition coefficient (Wildman–Crippen LogP) is 3.68. The lowest BCUT2D eigenvalue weighted by molar-refractivity contribution is 0.0600. The molecule has 100 valence electrons. The summed E-state index contributed by atoms with van der Waals surface area (Å²) in [6, 6.07) is 7.04. The maximum Gasteiger partial charge on any atom is 0.337 e. The van der Waals surface area contributed by atoms with Gasteiger partial charge in [-0.3, -0.25) is 0 Å². The van der Waals surface area contributed by atoms with Gasteiger partial charge in [0.05, 0.1) is 19.3 Å². The highest BCUT2D eigenvalue weighted by Crippen LogP contribution is 2.14. The molecule has 1 rings (SSSR count). The summed E-state index contributed by atoms with van der Waals surface area (Å²) in [5.74, 6) is 1.24. The normalized spacial score (nSPS) is 11.9. The molecule has 0 aromatic heterocycles. The molecule has 0 aliphatic rings. The molecule has 3 nitrogen and oxygen atoms in total. The zero-order chi connectivity index (χ0) is 13.4. The van der Waals surface area contributed by atoms with Gasteiger partial charge in [0.15, 0.2) is 0 Å². The van der Waals surface area contributed by atoms with E-state index in [0.29, 0.717) is 5.56 Å². The predicted molar refractivity (Wildman–Crippen MR) is 72.0 cm³/mol. The Morgan fingerprint density at radius 2 is 1.94 bits per heavy atom. The van der Waals surface area contributed by atoms with Crippen LogP contribution in [0.3, 0.4) is 0 Å². The highest BCUT2D eigenvalue weighted by molar-refractivity contribution is 5.89. The van der Waals surface area contributed by atoms with Gasteiger partial charge in [0.2, 0.25) is 0 Å². The lowest BCUT2D eigenvalue weighted by Crippen LogP contribution is -2.02. The molecular formula is C15H22O3. The van der Waals surface area contributed by atoms with Crippen LogP contribution in [0.15, 0.2) is 24.3 Å². The molecule has 0 spiro atoms. The average Bonchev–Trinajstić information content (AvgIpc) is 2.43. The highest BCUT2D eigenvalue weighted by atomic mass is 16.5. The Balaban J connectivity index is 2.33. The van der Waals surface area contributed by atoms with Gasteiger partial charge in [0.25, 0.3) is 0 Å². The number of carbonyl (C=O) groups excluding carboxylic acids is 1. The summed E-state index contributed by atoms with van der Waals surface area (Å²) in [5, 5.41) is 0. The van der Waals surface area contributed by atoms with Gasteiger partial charge in [-0.1, -0.05) is 20.3 Å². The second-order valence-corrected chi connectivity index (χ2v) is 4.52. The largest absolute Gasteiger partial charge is 0.494 e. The van der Waals surface area contributed by atoms with E-state index >= 15 is 0 Å². The Hall–Kier alpha value is -1.51. The maximum atomic E-state index is 11.2. The standard InChI is InChI=1S/C15H22O3/c1-4-12(2)6-5-11-18-14-9-7-13(8-10-14)15(16)17-3/h7-10,12H,4-6,11H2,1-3H3/t12-/m0/s1. The topological polar surface area (TPSA) is 35.5 Å². The molecule has 0 aliphatic carbocycles. The third kappa shape index (κ3) is 4.78. The molecule has 1 aromatic carbocycles. The lowest BCUT2D eigenvalue weighted by Gasteiger charge is -2.09. The third-order valence-electron chi connectivity index (χ3n) is 3.08. The Kier molecular flexibility index (Phi) is 6.26. The monoisotopic (exact) mass is 250 g/mol. The first kappa shape index (κ1) is 14.6. The molecule has 18 heavy (non-hydrogen) atoms. The molecule has 0 bridgehead atoms. The van der Waals surface area contributed by atoms with E-state index in [-0.39, 0.29) is 5.97 Å².